The molecule has 2 heterocycles. The highest BCUT2D eigenvalue weighted by atomic mass is 32.2. The summed E-state index contributed by atoms with van der Waals surface area (Å²) in [6, 6.07) is 6.77. The molecule has 2 saturated heterocycles. The van der Waals surface area contributed by atoms with Gasteiger partial charge in [-0.1, -0.05) is 0 Å². The number of anilines is 1. The standard InChI is InChI=1S/C15H17FN2OS/c16-13-7-11(9-17)1-2-14(13)18-12-3-5-19-15(8-12)4-6-20-10-15/h1-2,7,12,18H,3-6,8,10H2. The molecule has 2 fully saturated rings. The van der Waals surface area contributed by atoms with Gasteiger partial charge < -0.3 is 10.1 Å². The minimum atomic E-state index is -0.356. The predicted molar refractivity (Wildman–Crippen MR) is 78.4 cm³/mol. The molecule has 2 unspecified atom stereocenters. The van der Waals surface area contributed by atoms with Crippen LogP contribution in [0.2, 0.25) is 0 Å². The van der Waals surface area contributed by atoms with Gasteiger partial charge in [-0.25, -0.2) is 4.39 Å². The van der Waals surface area contributed by atoms with Crippen molar-refractivity contribution in [2.24, 2.45) is 0 Å². The number of benzene rings is 1. The van der Waals surface area contributed by atoms with E-state index in [0.717, 1.165) is 37.4 Å². The molecule has 1 N–H and O–H groups in total. The molecule has 0 aliphatic carbocycles. The van der Waals surface area contributed by atoms with Gasteiger partial charge in [0.25, 0.3) is 0 Å². The highest BCUT2D eigenvalue weighted by Gasteiger charge is 2.40. The third-order valence-electron chi connectivity index (χ3n) is 4.02. The molecule has 3 nitrogen and oxygen atoms in total. The molecule has 1 aromatic rings. The van der Waals surface area contributed by atoms with Gasteiger partial charge in [0.2, 0.25) is 0 Å². The minimum Gasteiger partial charge on any atom is -0.380 e. The van der Waals surface area contributed by atoms with Crippen molar-refractivity contribution in [2.45, 2.75) is 30.9 Å². The molecule has 0 saturated carbocycles. The Bertz CT molecular complexity index is 537. The van der Waals surface area contributed by atoms with Crippen LogP contribution in [0.3, 0.4) is 0 Å². The molecule has 0 radical (unpaired) electrons. The van der Waals surface area contributed by atoms with Gasteiger partial charge in [-0.05, 0) is 43.2 Å². The van der Waals surface area contributed by atoms with Crippen LogP contribution >= 0.6 is 11.8 Å². The average Bonchev–Trinajstić information content (AvgIpc) is 2.89. The molecule has 1 aromatic carbocycles. The first-order chi connectivity index (χ1) is 9.71. The van der Waals surface area contributed by atoms with Crippen LogP contribution in [0.5, 0.6) is 0 Å². The molecule has 106 valence electrons. The highest BCUT2D eigenvalue weighted by molar-refractivity contribution is 7.99. The third-order valence-corrected chi connectivity index (χ3v) is 5.24. The number of hydrogen-bond acceptors (Lipinski definition) is 4. The van der Waals surface area contributed by atoms with E-state index in [1.807, 2.05) is 17.8 Å². The molecule has 2 atom stereocenters. The number of halogens is 1. The molecule has 5 heteroatoms. The quantitative estimate of drug-likeness (QED) is 0.909. The molecule has 3 rings (SSSR count). The summed E-state index contributed by atoms with van der Waals surface area (Å²) in [5, 5.41) is 12.0. The summed E-state index contributed by atoms with van der Waals surface area (Å²) in [6.07, 6.45) is 2.91. The van der Waals surface area contributed by atoms with Crippen molar-refractivity contribution in [3.63, 3.8) is 0 Å². The second-order valence-corrected chi connectivity index (χ2v) is 6.58. The fourth-order valence-corrected chi connectivity index (χ4v) is 4.31. The molecular weight excluding hydrogens is 275 g/mol. The Balaban J connectivity index is 1.70. The zero-order chi connectivity index (χ0) is 14.0. The number of nitriles is 1. The van der Waals surface area contributed by atoms with E-state index >= 15 is 0 Å². The van der Waals surface area contributed by atoms with Crippen molar-refractivity contribution in [2.75, 3.05) is 23.4 Å². The number of rotatable bonds is 2. The lowest BCUT2D eigenvalue weighted by molar-refractivity contribution is -0.0628. The second-order valence-electron chi connectivity index (χ2n) is 5.47. The first-order valence-corrected chi connectivity index (χ1v) is 8.04. The van der Waals surface area contributed by atoms with E-state index in [1.165, 1.54) is 6.07 Å². The van der Waals surface area contributed by atoms with Gasteiger partial charge >= 0.3 is 0 Å². The van der Waals surface area contributed by atoms with Crippen LogP contribution in [-0.4, -0.2) is 29.8 Å². The highest BCUT2D eigenvalue weighted by Crippen LogP contribution is 2.39. The van der Waals surface area contributed by atoms with E-state index in [1.54, 1.807) is 12.1 Å². The first-order valence-electron chi connectivity index (χ1n) is 6.89. The van der Waals surface area contributed by atoms with E-state index in [4.69, 9.17) is 10.00 Å². The van der Waals surface area contributed by atoms with Crippen LogP contribution in [-0.2, 0) is 4.74 Å². The van der Waals surface area contributed by atoms with E-state index in [-0.39, 0.29) is 17.5 Å². The Morgan fingerprint density at radius 1 is 1.50 bits per heavy atom. The van der Waals surface area contributed by atoms with Crippen LogP contribution < -0.4 is 5.32 Å². The fourth-order valence-electron chi connectivity index (χ4n) is 2.94. The third kappa shape index (κ3) is 2.77. The summed E-state index contributed by atoms with van der Waals surface area (Å²) in [6.45, 7) is 0.732. The normalized spacial score (nSPS) is 29.3. The zero-order valence-corrected chi connectivity index (χ0v) is 12.0. The van der Waals surface area contributed by atoms with E-state index < -0.39 is 0 Å². The van der Waals surface area contributed by atoms with Gasteiger partial charge in [0, 0.05) is 18.4 Å². The topological polar surface area (TPSA) is 45.0 Å². The SMILES string of the molecule is N#Cc1ccc(NC2CCOC3(CCSC3)C2)c(F)c1. The van der Waals surface area contributed by atoms with Crippen molar-refractivity contribution in [3.05, 3.63) is 29.6 Å². The Morgan fingerprint density at radius 3 is 3.10 bits per heavy atom. The number of thioether (sulfide) groups is 1. The number of nitrogens with zero attached hydrogens (tertiary/aromatic N) is 1. The molecule has 2 aliphatic rings. The molecule has 1 spiro atoms. The van der Waals surface area contributed by atoms with Crippen molar-refractivity contribution >= 4 is 17.4 Å². The van der Waals surface area contributed by atoms with Crippen LogP contribution in [0.25, 0.3) is 0 Å². The van der Waals surface area contributed by atoms with Crippen molar-refractivity contribution in [3.8, 4) is 6.07 Å². The van der Waals surface area contributed by atoms with Gasteiger partial charge in [-0.15, -0.1) is 0 Å². The van der Waals surface area contributed by atoms with Gasteiger partial charge in [-0.2, -0.15) is 17.0 Å². The van der Waals surface area contributed by atoms with Crippen molar-refractivity contribution < 1.29 is 9.13 Å². The van der Waals surface area contributed by atoms with E-state index in [9.17, 15) is 4.39 Å². The van der Waals surface area contributed by atoms with Crippen LogP contribution in [0, 0.1) is 17.1 Å². The largest absolute Gasteiger partial charge is 0.380 e. The van der Waals surface area contributed by atoms with Crippen molar-refractivity contribution in [1.82, 2.24) is 0 Å². The van der Waals surface area contributed by atoms with Crippen LogP contribution in [0.15, 0.2) is 18.2 Å². The number of nitrogens with one attached hydrogen (secondary N) is 1. The summed E-state index contributed by atoms with van der Waals surface area (Å²) < 4.78 is 19.9. The molecular formula is C15H17FN2OS. The first kappa shape index (κ1) is 13.7. The summed E-state index contributed by atoms with van der Waals surface area (Å²) in [5.74, 6) is 1.84. The number of hydrogen-bond donors (Lipinski definition) is 1. The smallest absolute Gasteiger partial charge is 0.147 e. The lowest BCUT2D eigenvalue weighted by atomic mass is 9.89. The molecule has 20 heavy (non-hydrogen) atoms. The molecule has 2 aliphatic heterocycles. The summed E-state index contributed by atoms with van der Waals surface area (Å²) in [7, 11) is 0. The number of ether oxygens (including phenoxy) is 1. The fraction of sp³-hybridized carbons (Fsp3) is 0.533. The van der Waals surface area contributed by atoms with Gasteiger partial charge in [0.05, 0.1) is 22.9 Å². The van der Waals surface area contributed by atoms with Gasteiger partial charge in [-0.3, -0.25) is 0 Å². The van der Waals surface area contributed by atoms with E-state index in [0.29, 0.717) is 11.3 Å². The maximum absolute atomic E-state index is 13.9. The Morgan fingerprint density at radius 2 is 2.40 bits per heavy atom. The Labute approximate surface area is 122 Å². The molecule has 0 amide bonds. The van der Waals surface area contributed by atoms with Crippen molar-refractivity contribution in [1.29, 1.82) is 5.26 Å². The monoisotopic (exact) mass is 292 g/mol. The van der Waals surface area contributed by atoms with E-state index in [2.05, 4.69) is 5.32 Å². The van der Waals surface area contributed by atoms with Crippen LogP contribution in [0.1, 0.15) is 24.8 Å². The van der Waals surface area contributed by atoms with Crippen LogP contribution in [0.4, 0.5) is 10.1 Å². The summed E-state index contributed by atoms with van der Waals surface area (Å²) in [5.41, 5.74) is 0.823. The maximum Gasteiger partial charge on any atom is 0.147 e. The van der Waals surface area contributed by atoms with Gasteiger partial charge in [0.1, 0.15) is 5.82 Å². The predicted octanol–water partition coefficient (Wildman–Crippen LogP) is 3.16. The minimum absolute atomic E-state index is 0.0103. The zero-order valence-electron chi connectivity index (χ0n) is 11.2. The lowest BCUT2D eigenvalue weighted by Gasteiger charge is -2.38. The molecule has 0 aromatic heterocycles. The van der Waals surface area contributed by atoms with Gasteiger partial charge in [0.15, 0.2) is 0 Å². The summed E-state index contributed by atoms with van der Waals surface area (Å²) >= 11 is 1.93. The Kier molecular flexibility index (Phi) is 3.86. The Hall–Kier alpha value is -1.25. The second kappa shape index (κ2) is 5.63. The molecule has 0 bridgehead atoms. The lowest BCUT2D eigenvalue weighted by Crippen LogP contribution is -2.44. The summed E-state index contributed by atoms with van der Waals surface area (Å²) in [4.78, 5) is 0. The maximum atomic E-state index is 13.9. The average molecular weight is 292 g/mol.